The van der Waals surface area contributed by atoms with Crippen molar-refractivity contribution < 1.29 is 26.7 Å². The number of carbonyl (C=O) groups excluding carboxylic acids is 1. The van der Waals surface area contributed by atoms with Gasteiger partial charge in [-0.2, -0.15) is 13.2 Å². The van der Waals surface area contributed by atoms with Gasteiger partial charge in [0.2, 0.25) is 0 Å². The molecule has 3 nitrogen and oxygen atoms in total. The number of halogens is 5. The average Bonchev–Trinajstić information content (AvgIpc) is 2.25. The summed E-state index contributed by atoms with van der Waals surface area (Å²) in [6.45, 7) is -0.00337. The van der Waals surface area contributed by atoms with E-state index in [0.29, 0.717) is 11.0 Å². The van der Waals surface area contributed by atoms with E-state index in [1.54, 1.807) is 0 Å². The summed E-state index contributed by atoms with van der Waals surface area (Å²) in [5.74, 6) is -1.66. The summed E-state index contributed by atoms with van der Waals surface area (Å²) in [6, 6.07) is 0.839. The van der Waals surface area contributed by atoms with E-state index in [1.165, 1.54) is 6.92 Å². The Balaban J connectivity index is 2.70. The van der Waals surface area contributed by atoms with Crippen molar-refractivity contribution in [2.75, 3.05) is 13.6 Å². The van der Waals surface area contributed by atoms with Crippen molar-refractivity contribution >= 4 is 6.03 Å². The van der Waals surface area contributed by atoms with E-state index in [1.807, 2.05) is 0 Å². The Kier molecular flexibility index (Phi) is 4.91. The molecule has 0 bridgehead atoms. The molecule has 1 aromatic carbocycles. The van der Waals surface area contributed by atoms with Crippen LogP contribution in [0.5, 0.6) is 0 Å². The van der Waals surface area contributed by atoms with E-state index < -0.39 is 36.4 Å². The Morgan fingerprint density at radius 2 is 1.75 bits per heavy atom. The fourth-order valence-electron chi connectivity index (χ4n) is 1.54. The molecule has 20 heavy (non-hydrogen) atoms. The predicted molar refractivity (Wildman–Crippen MR) is 62.0 cm³/mol. The maximum atomic E-state index is 13.0. The summed E-state index contributed by atoms with van der Waals surface area (Å²) in [4.78, 5) is 11.9. The molecule has 0 radical (unpaired) electrons. The molecule has 0 saturated carbocycles. The van der Waals surface area contributed by atoms with Crippen LogP contribution in [0, 0.1) is 11.6 Å². The fourth-order valence-corrected chi connectivity index (χ4v) is 1.54. The highest BCUT2D eigenvalue weighted by Gasteiger charge is 2.31. The first-order valence-electron chi connectivity index (χ1n) is 5.63. The Morgan fingerprint density at radius 3 is 2.20 bits per heavy atom. The molecular weight excluding hydrogens is 283 g/mol. The Bertz CT molecular complexity index is 469. The number of carbonyl (C=O) groups is 1. The fraction of sp³-hybridized carbons (Fsp3) is 0.417. The van der Waals surface area contributed by atoms with Gasteiger partial charge in [-0.3, -0.25) is 0 Å². The molecule has 1 rings (SSSR count). The highest BCUT2D eigenvalue weighted by atomic mass is 19.4. The van der Waals surface area contributed by atoms with E-state index in [9.17, 15) is 26.7 Å². The Labute approximate surface area is 112 Å². The summed E-state index contributed by atoms with van der Waals surface area (Å²) in [5.41, 5.74) is 0.122. The molecule has 0 aromatic heterocycles. The lowest BCUT2D eigenvalue weighted by Gasteiger charge is -2.22. The molecule has 1 N–H and O–H groups in total. The van der Waals surface area contributed by atoms with Crippen LogP contribution in [0.3, 0.4) is 0 Å². The minimum absolute atomic E-state index is 0.122. The van der Waals surface area contributed by atoms with Gasteiger partial charge in [-0.05, 0) is 24.6 Å². The van der Waals surface area contributed by atoms with Crippen LogP contribution in [0.1, 0.15) is 18.5 Å². The third-order valence-corrected chi connectivity index (χ3v) is 2.49. The first-order valence-corrected chi connectivity index (χ1v) is 5.63. The van der Waals surface area contributed by atoms with E-state index in [4.69, 9.17) is 0 Å². The van der Waals surface area contributed by atoms with Crippen molar-refractivity contribution in [1.82, 2.24) is 10.2 Å². The number of amides is 2. The molecule has 0 aliphatic rings. The summed E-state index contributed by atoms with van der Waals surface area (Å²) in [7, 11) is 0.974. The van der Waals surface area contributed by atoms with Crippen molar-refractivity contribution in [3.05, 3.63) is 35.4 Å². The van der Waals surface area contributed by atoms with E-state index in [-0.39, 0.29) is 5.56 Å². The highest BCUT2D eigenvalue weighted by Crippen LogP contribution is 2.18. The van der Waals surface area contributed by atoms with Gasteiger partial charge < -0.3 is 10.2 Å². The molecule has 1 unspecified atom stereocenters. The molecule has 8 heteroatoms. The van der Waals surface area contributed by atoms with Gasteiger partial charge in [-0.25, -0.2) is 13.6 Å². The van der Waals surface area contributed by atoms with Gasteiger partial charge in [0.1, 0.15) is 18.2 Å². The number of nitrogens with zero attached hydrogens (tertiary/aromatic N) is 1. The summed E-state index contributed by atoms with van der Waals surface area (Å²) >= 11 is 0. The smallest absolute Gasteiger partial charge is 0.331 e. The van der Waals surface area contributed by atoms with Crippen molar-refractivity contribution in [2.45, 2.75) is 19.1 Å². The molecular formula is C12H13F5N2O. The molecule has 0 fully saturated rings. The van der Waals surface area contributed by atoms with Gasteiger partial charge in [-0.1, -0.05) is 0 Å². The number of hydrogen-bond acceptors (Lipinski definition) is 1. The molecule has 0 aliphatic carbocycles. The average molecular weight is 296 g/mol. The summed E-state index contributed by atoms with van der Waals surface area (Å²) in [6.07, 6.45) is -4.51. The maximum Gasteiger partial charge on any atom is 0.406 e. The van der Waals surface area contributed by atoms with Crippen LogP contribution >= 0.6 is 0 Å². The third kappa shape index (κ3) is 5.02. The molecule has 2 amide bonds. The monoisotopic (exact) mass is 296 g/mol. The summed E-state index contributed by atoms with van der Waals surface area (Å²) in [5, 5.41) is 2.23. The van der Waals surface area contributed by atoms with Gasteiger partial charge in [0.15, 0.2) is 0 Å². The SMILES string of the molecule is CC(NC(=O)N(C)CC(F)(F)F)c1cc(F)cc(F)c1. The second kappa shape index (κ2) is 6.06. The minimum atomic E-state index is -4.51. The Hall–Kier alpha value is -1.86. The highest BCUT2D eigenvalue weighted by molar-refractivity contribution is 5.74. The number of nitrogens with one attached hydrogen (secondary N) is 1. The minimum Gasteiger partial charge on any atom is -0.331 e. The van der Waals surface area contributed by atoms with Gasteiger partial charge in [0.25, 0.3) is 0 Å². The molecule has 112 valence electrons. The lowest BCUT2D eigenvalue weighted by atomic mass is 10.1. The van der Waals surface area contributed by atoms with Gasteiger partial charge in [0, 0.05) is 13.1 Å². The summed E-state index contributed by atoms with van der Waals surface area (Å²) < 4.78 is 62.3. The van der Waals surface area contributed by atoms with Crippen molar-refractivity contribution in [3.63, 3.8) is 0 Å². The molecule has 1 aromatic rings. The van der Waals surface area contributed by atoms with Crippen LogP contribution in [0.15, 0.2) is 18.2 Å². The van der Waals surface area contributed by atoms with E-state index in [0.717, 1.165) is 19.2 Å². The lowest BCUT2D eigenvalue weighted by Crippen LogP contribution is -2.43. The van der Waals surface area contributed by atoms with Gasteiger partial charge >= 0.3 is 12.2 Å². The molecule has 1 atom stereocenters. The zero-order valence-corrected chi connectivity index (χ0v) is 10.8. The first-order chi connectivity index (χ1) is 9.08. The predicted octanol–water partition coefficient (Wildman–Crippen LogP) is 3.23. The number of urea groups is 1. The second-order valence-electron chi connectivity index (χ2n) is 4.35. The Morgan fingerprint density at radius 1 is 1.25 bits per heavy atom. The quantitative estimate of drug-likeness (QED) is 0.853. The standard InChI is InChI=1S/C12H13F5N2O/c1-7(8-3-9(13)5-10(14)4-8)18-11(20)19(2)6-12(15,16)17/h3-5,7H,6H2,1-2H3,(H,18,20). The normalized spacial score (nSPS) is 12.9. The zero-order chi connectivity index (χ0) is 15.5. The topological polar surface area (TPSA) is 32.3 Å². The van der Waals surface area contributed by atoms with Crippen LogP contribution in [0.2, 0.25) is 0 Å². The molecule has 0 saturated heterocycles. The van der Waals surface area contributed by atoms with Crippen LogP contribution < -0.4 is 5.32 Å². The number of benzene rings is 1. The van der Waals surface area contributed by atoms with E-state index in [2.05, 4.69) is 5.32 Å². The number of rotatable bonds is 3. The van der Waals surface area contributed by atoms with Crippen LogP contribution in [0.25, 0.3) is 0 Å². The van der Waals surface area contributed by atoms with Crippen LogP contribution in [-0.4, -0.2) is 30.7 Å². The third-order valence-electron chi connectivity index (χ3n) is 2.49. The number of alkyl halides is 3. The molecule has 0 heterocycles. The van der Waals surface area contributed by atoms with Crippen LogP contribution in [0.4, 0.5) is 26.7 Å². The van der Waals surface area contributed by atoms with Crippen molar-refractivity contribution in [2.24, 2.45) is 0 Å². The van der Waals surface area contributed by atoms with Crippen molar-refractivity contribution in [1.29, 1.82) is 0 Å². The van der Waals surface area contributed by atoms with Crippen LogP contribution in [-0.2, 0) is 0 Å². The second-order valence-corrected chi connectivity index (χ2v) is 4.35. The number of hydrogen-bond donors (Lipinski definition) is 1. The largest absolute Gasteiger partial charge is 0.406 e. The van der Waals surface area contributed by atoms with Gasteiger partial charge in [-0.15, -0.1) is 0 Å². The maximum absolute atomic E-state index is 13.0. The molecule has 0 aliphatic heterocycles. The van der Waals surface area contributed by atoms with Crippen molar-refractivity contribution in [3.8, 4) is 0 Å². The lowest BCUT2D eigenvalue weighted by molar-refractivity contribution is -0.137. The first kappa shape index (κ1) is 16.2. The van der Waals surface area contributed by atoms with E-state index >= 15 is 0 Å². The zero-order valence-electron chi connectivity index (χ0n) is 10.8. The van der Waals surface area contributed by atoms with Gasteiger partial charge in [0.05, 0.1) is 6.04 Å². The molecule has 0 spiro atoms.